The van der Waals surface area contributed by atoms with Crippen LogP contribution in [0.4, 0.5) is 4.39 Å². The molecule has 2 aromatic rings. The zero-order valence-corrected chi connectivity index (χ0v) is 11.4. The van der Waals surface area contributed by atoms with Crippen molar-refractivity contribution in [3.05, 3.63) is 39.6 Å². The average molecular weight is 314 g/mol. The molecule has 0 aliphatic rings. The zero-order chi connectivity index (χ0) is 12.4. The van der Waals surface area contributed by atoms with E-state index >= 15 is 0 Å². The number of thiazole rings is 1. The molecule has 17 heavy (non-hydrogen) atoms. The lowest BCUT2D eigenvalue weighted by Gasteiger charge is -1.99. The van der Waals surface area contributed by atoms with Gasteiger partial charge < -0.3 is 0 Å². The van der Waals surface area contributed by atoms with Crippen molar-refractivity contribution in [2.45, 2.75) is 13.3 Å². The molecule has 0 saturated heterocycles. The van der Waals surface area contributed by atoms with Gasteiger partial charge in [-0.3, -0.25) is 4.79 Å². The first-order valence-electron chi connectivity index (χ1n) is 4.95. The maximum Gasteiger partial charge on any atom is 0.135 e. The number of ketones is 1. The number of benzene rings is 1. The Labute approximate surface area is 111 Å². The van der Waals surface area contributed by atoms with Gasteiger partial charge in [-0.15, -0.1) is 11.3 Å². The van der Waals surface area contributed by atoms with Gasteiger partial charge in [0.1, 0.15) is 16.6 Å². The van der Waals surface area contributed by atoms with Crippen molar-refractivity contribution in [2.24, 2.45) is 0 Å². The summed E-state index contributed by atoms with van der Waals surface area (Å²) < 4.78 is 14.4. The minimum absolute atomic E-state index is 0.0524. The highest BCUT2D eigenvalue weighted by atomic mass is 79.9. The second kappa shape index (κ2) is 5.06. The highest BCUT2D eigenvalue weighted by Gasteiger charge is 2.11. The molecular weight excluding hydrogens is 305 g/mol. The van der Waals surface area contributed by atoms with E-state index in [1.807, 2.05) is 0 Å². The fraction of sp³-hybridized carbons (Fsp3) is 0.167. The molecule has 0 spiro atoms. The number of hydrogen-bond acceptors (Lipinski definition) is 3. The van der Waals surface area contributed by atoms with Gasteiger partial charge in [-0.05, 0) is 25.1 Å². The summed E-state index contributed by atoms with van der Waals surface area (Å²) in [5.41, 5.74) is 1.15. The topological polar surface area (TPSA) is 30.0 Å². The zero-order valence-electron chi connectivity index (χ0n) is 9.04. The minimum Gasteiger partial charge on any atom is -0.300 e. The first-order chi connectivity index (χ1) is 8.06. The van der Waals surface area contributed by atoms with E-state index in [1.54, 1.807) is 17.5 Å². The smallest absolute Gasteiger partial charge is 0.135 e. The van der Waals surface area contributed by atoms with Crippen LogP contribution in [-0.2, 0) is 11.2 Å². The van der Waals surface area contributed by atoms with Crippen LogP contribution < -0.4 is 0 Å². The summed E-state index contributed by atoms with van der Waals surface area (Å²) in [6.07, 6.45) is 0.298. The molecule has 2 nitrogen and oxygen atoms in total. The third-order valence-corrected chi connectivity index (χ3v) is 3.56. The van der Waals surface area contributed by atoms with Gasteiger partial charge in [-0.2, -0.15) is 0 Å². The molecule has 0 radical (unpaired) electrons. The van der Waals surface area contributed by atoms with Crippen molar-refractivity contribution in [1.29, 1.82) is 0 Å². The predicted octanol–water partition coefficient (Wildman–Crippen LogP) is 3.84. The number of carbonyl (C=O) groups is 1. The van der Waals surface area contributed by atoms with Crippen LogP contribution in [0, 0.1) is 5.82 Å². The molecule has 0 aliphatic carbocycles. The van der Waals surface area contributed by atoms with E-state index in [9.17, 15) is 9.18 Å². The Hall–Kier alpha value is -1.07. The Balaban J connectivity index is 2.36. The quantitative estimate of drug-likeness (QED) is 0.861. The number of hydrogen-bond donors (Lipinski definition) is 0. The summed E-state index contributed by atoms with van der Waals surface area (Å²) in [4.78, 5) is 15.2. The third kappa shape index (κ3) is 2.98. The van der Waals surface area contributed by atoms with E-state index in [-0.39, 0.29) is 11.6 Å². The molecule has 1 aromatic heterocycles. The molecule has 1 heterocycles. The van der Waals surface area contributed by atoms with Gasteiger partial charge in [-0.25, -0.2) is 9.37 Å². The van der Waals surface area contributed by atoms with Crippen LogP contribution in [0.1, 0.15) is 12.6 Å². The van der Waals surface area contributed by atoms with Gasteiger partial charge in [0.15, 0.2) is 0 Å². The van der Waals surface area contributed by atoms with Crippen LogP contribution in [0.5, 0.6) is 0 Å². The summed E-state index contributed by atoms with van der Waals surface area (Å²) in [5.74, 6) is -0.256. The number of nitrogens with zero attached hydrogens (tertiary/aromatic N) is 1. The van der Waals surface area contributed by atoms with Gasteiger partial charge in [0.2, 0.25) is 0 Å². The molecule has 0 saturated carbocycles. The van der Waals surface area contributed by atoms with Crippen molar-refractivity contribution in [3.8, 4) is 10.6 Å². The van der Waals surface area contributed by atoms with Crippen molar-refractivity contribution in [3.63, 3.8) is 0 Å². The Morgan fingerprint density at radius 3 is 3.00 bits per heavy atom. The molecule has 0 bridgehead atoms. The molecule has 88 valence electrons. The van der Waals surface area contributed by atoms with Gasteiger partial charge in [-0.1, -0.05) is 15.9 Å². The fourth-order valence-corrected chi connectivity index (χ4v) is 2.63. The van der Waals surface area contributed by atoms with Crippen molar-refractivity contribution in [2.75, 3.05) is 0 Å². The average Bonchev–Trinajstić information content (AvgIpc) is 2.69. The molecule has 5 heteroatoms. The van der Waals surface area contributed by atoms with E-state index < -0.39 is 0 Å². The largest absolute Gasteiger partial charge is 0.300 e. The van der Waals surface area contributed by atoms with E-state index in [1.165, 1.54) is 24.3 Å². The molecule has 0 atom stereocenters. The minimum atomic E-state index is -0.308. The van der Waals surface area contributed by atoms with E-state index in [0.29, 0.717) is 22.7 Å². The molecular formula is C12H9BrFNOS. The summed E-state index contributed by atoms with van der Waals surface area (Å²) in [6.45, 7) is 1.51. The Bertz CT molecular complexity index is 567. The Morgan fingerprint density at radius 2 is 2.29 bits per heavy atom. The molecule has 0 fully saturated rings. The second-order valence-corrected chi connectivity index (χ2v) is 5.42. The first kappa shape index (κ1) is 12.4. The normalized spacial score (nSPS) is 10.5. The van der Waals surface area contributed by atoms with Crippen LogP contribution in [-0.4, -0.2) is 10.8 Å². The van der Waals surface area contributed by atoms with E-state index in [4.69, 9.17) is 0 Å². The molecule has 0 amide bonds. The summed E-state index contributed by atoms with van der Waals surface area (Å²) in [7, 11) is 0. The molecule has 0 N–H and O–H groups in total. The highest BCUT2D eigenvalue weighted by Crippen LogP contribution is 2.29. The Morgan fingerprint density at radius 1 is 1.53 bits per heavy atom. The van der Waals surface area contributed by atoms with Crippen LogP contribution in [0.3, 0.4) is 0 Å². The van der Waals surface area contributed by atoms with Crippen LogP contribution in [0.15, 0.2) is 28.1 Å². The molecule has 0 unspecified atom stereocenters. The number of carbonyl (C=O) groups excluding carboxylic acids is 1. The van der Waals surface area contributed by atoms with Gasteiger partial charge >= 0.3 is 0 Å². The maximum absolute atomic E-state index is 13.6. The van der Waals surface area contributed by atoms with Crippen LogP contribution >= 0.6 is 27.3 Å². The van der Waals surface area contributed by atoms with Gasteiger partial charge in [0.25, 0.3) is 0 Å². The summed E-state index contributed by atoms with van der Waals surface area (Å²) >= 11 is 4.64. The van der Waals surface area contributed by atoms with Crippen molar-refractivity contribution in [1.82, 2.24) is 4.98 Å². The van der Waals surface area contributed by atoms with Crippen molar-refractivity contribution < 1.29 is 9.18 Å². The lowest BCUT2D eigenvalue weighted by molar-refractivity contribution is -0.116. The summed E-state index contributed by atoms with van der Waals surface area (Å²) in [6, 6.07) is 4.72. The third-order valence-electron chi connectivity index (χ3n) is 2.14. The number of aromatic nitrogens is 1. The van der Waals surface area contributed by atoms with E-state index in [2.05, 4.69) is 20.9 Å². The standard InChI is InChI=1S/C12H9BrFNOS/c1-7(16)4-9-6-17-12(15-9)10-5-8(13)2-3-11(10)14/h2-3,5-6H,4H2,1H3. The lowest BCUT2D eigenvalue weighted by atomic mass is 10.2. The lowest BCUT2D eigenvalue weighted by Crippen LogP contribution is -1.96. The molecule has 2 rings (SSSR count). The van der Waals surface area contributed by atoms with Crippen LogP contribution in [0.25, 0.3) is 10.6 Å². The maximum atomic E-state index is 13.6. The monoisotopic (exact) mass is 313 g/mol. The fourth-order valence-electron chi connectivity index (χ4n) is 1.43. The Kier molecular flexibility index (Phi) is 3.69. The SMILES string of the molecule is CC(=O)Cc1csc(-c2cc(Br)ccc2F)n1. The summed E-state index contributed by atoms with van der Waals surface area (Å²) in [5, 5.41) is 2.39. The first-order valence-corrected chi connectivity index (χ1v) is 6.63. The number of halogens is 2. The molecule has 0 aliphatic heterocycles. The van der Waals surface area contributed by atoms with E-state index in [0.717, 1.165) is 4.47 Å². The number of rotatable bonds is 3. The van der Waals surface area contributed by atoms with Gasteiger partial charge in [0, 0.05) is 21.8 Å². The molecule has 1 aromatic carbocycles. The van der Waals surface area contributed by atoms with Gasteiger partial charge in [0.05, 0.1) is 5.69 Å². The second-order valence-electron chi connectivity index (χ2n) is 3.65. The highest BCUT2D eigenvalue weighted by molar-refractivity contribution is 9.10. The predicted molar refractivity (Wildman–Crippen MR) is 69.6 cm³/mol. The van der Waals surface area contributed by atoms with Crippen LogP contribution in [0.2, 0.25) is 0 Å². The number of Topliss-reactive ketones (excluding diaryl/α,β-unsaturated/α-hetero) is 1. The van der Waals surface area contributed by atoms with Crippen molar-refractivity contribution >= 4 is 33.0 Å².